The van der Waals surface area contributed by atoms with Crippen LogP contribution in [0.1, 0.15) is 30.4 Å². The molecule has 3 aromatic rings. The van der Waals surface area contributed by atoms with Gasteiger partial charge in [0.2, 0.25) is 0 Å². The molecule has 6 nitrogen and oxygen atoms in total. The molecule has 0 saturated heterocycles. The van der Waals surface area contributed by atoms with Crippen LogP contribution in [0.4, 0.5) is 10.1 Å². The number of hydrogen-bond donors (Lipinski definition) is 3. The van der Waals surface area contributed by atoms with E-state index in [0.29, 0.717) is 4.88 Å². The Morgan fingerprint density at radius 2 is 1.64 bits per heavy atom. The van der Waals surface area contributed by atoms with Crippen LogP contribution in [0.25, 0.3) is 0 Å². The Balaban J connectivity index is 1.68. The third-order valence-corrected chi connectivity index (χ3v) is 4.83. The molecule has 3 rings (SSSR count). The Morgan fingerprint density at radius 3 is 2.36 bits per heavy atom. The molecule has 0 unspecified atom stereocenters. The predicted molar refractivity (Wildman–Crippen MR) is 105 cm³/mol. The van der Waals surface area contributed by atoms with Crippen molar-refractivity contribution in [2.75, 3.05) is 5.32 Å². The van der Waals surface area contributed by atoms with E-state index in [1.54, 1.807) is 17.5 Å². The average Bonchev–Trinajstić information content (AvgIpc) is 3.23. The highest BCUT2D eigenvalue weighted by molar-refractivity contribution is 7.12. The molecule has 9 heteroatoms. The Labute approximate surface area is 168 Å². The fourth-order valence-electron chi connectivity index (χ4n) is 2.25. The van der Waals surface area contributed by atoms with Crippen molar-refractivity contribution >= 4 is 46.3 Å². The van der Waals surface area contributed by atoms with Gasteiger partial charge in [0, 0.05) is 5.56 Å². The second-order valence-corrected chi connectivity index (χ2v) is 6.87. The molecular formula is C19H13ClFN3O3S. The number of hydrazine groups is 1. The summed E-state index contributed by atoms with van der Waals surface area (Å²) in [4.78, 5) is 36.9. The minimum atomic E-state index is -0.799. The quantitative estimate of drug-likeness (QED) is 0.563. The van der Waals surface area contributed by atoms with Gasteiger partial charge in [-0.25, -0.2) is 4.39 Å². The van der Waals surface area contributed by atoms with Gasteiger partial charge in [0.1, 0.15) is 5.82 Å². The first-order chi connectivity index (χ1) is 13.5. The molecule has 1 heterocycles. The van der Waals surface area contributed by atoms with E-state index >= 15 is 0 Å². The molecule has 0 saturated carbocycles. The number of anilines is 1. The van der Waals surface area contributed by atoms with Crippen LogP contribution in [0, 0.1) is 5.82 Å². The van der Waals surface area contributed by atoms with Crippen LogP contribution in [-0.4, -0.2) is 17.7 Å². The molecule has 0 aliphatic carbocycles. The lowest BCUT2D eigenvalue weighted by Crippen LogP contribution is -2.42. The van der Waals surface area contributed by atoms with E-state index in [-0.39, 0.29) is 27.7 Å². The molecular weight excluding hydrogens is 405 g/mol. The van der Waals surface area contributed by atoms with E-state index in [0.717, 1.165) is 6.07 Å². The largest absolute Gasteiger partial charge is 0.320 e. The summed E-state index contributed by atoms with van der Waals surface area (Å²) in [6.45, 7) is 0. The van der Waals surface area contributed by atoms with E-state index in [1.165, 1.54) is 47.7 Å². The van der Waals surface area contributed by atoms with E-state index in [9.17, 15) is 18.8 Å². The third kappa shape index (κ3) is 4.54. The number of halogens is 2. The maximum Gasteiger partial charge on any atom is 0.272 e. The van der Waals surface area contributed by atoms with Crippen LogP contribution >= 0.6 is 22.9 Å². The highest BCUT2D eigenvalue weighted by Gasteiger charge is 2.15. The van der Waals surface area contributed by atoms with Crippen molar-refractivity contribution in [3.63, 3.8) is 0 Å². The number of carbonyl (C=O) groups excluding carboxylic acids is 3. The predicted octanol–water partition coefficient (Wildman–Crippen LogP) is 3.87. The Morgan fingerprint density at radius 1 is 0.893 bits per heavy atom. The summed E-state index contributed by atoms with van der Waals surface area (Å²) in [5, 5.41) is 4.64. The number of hydrogen-bond acceptors (Lipinski definition) is 4. The van der Waals surface area contributed by atoms with E-state index in [2.05, 4.69) is 16.2 Å². The van der Waals surface area contributed by atoms with Crippen LogP contribution < -0.4 is 16.2 Å². The summed E-state index contributed by atoms with van der Waals surface area (Å²) in [6, 6.07) is 13.0. The highest BCUT2D eigenvalue weighted by atomic mass is 35.5. The summed E-state index contributed by atoms with van der Waals surface area (Å²) in [7, 11) is 0. The molecule has 3 N–H and O–H groups in total. The molecule has 2 aromatic carbocycles. The Hall–Kier alpha value is -3.23. The van der Waals surface area contributed by atoms with Crippen molar-refractivity contribution in [1.82, 2.24) is 10.9 Å². The van der Waals surface area contributed by atoms with Crippen LogP contribution in [0.5, 0.6) is 0 Å². The van der Waals surface area contributed by atoms with Gasteiger partial charge >= 0.3 is 0 Å². The molecule has 0 atom stereocenters. The lowest BCUT2D eigenvalue weighted by atomic mass is 10.2. The fraction of sp³-hybridized carbons (Fsp3) is 0. The molecule has 28 heavy (non-hydrogen) atoms. The molecule has 0 radical (unpaired) electrons. The zero-order valence-corrected chi connectivity index (χ0v) is 15.7. The van der Waals surface area contributed by atoms with Crippen molar-refractivity contribution in [1.29, 1.82) is 0 Å². The van der Waals surface area contributed by atoms with Crippen molar-refractivity contribution in [3.05, 3.63) is 86.8 Å². The van der Waals surface area contributed by atoms with Crippen LogP contribution in [-0.2, 0) is 0 Å². The first-order valence-electron chi connectivity index (χ1n) is 7.95. The van der Waals surface area contributed by atoms with Crippen LogP contribution in [0.3, 0.4) is 0 Å². The molecule has 1 aromatic heterocycles. The second-order valence-electron chi connectivity index (χ2n) is 5.51. The van der Waals surface area contributed by atoms with Crippen molar-refractivity contribution in [3.8, 4) is 0 Å². The van der Waals surface area contributed by atoms with E-state index in [1.807, 2.05) is 0 Å². The maximum atomic E-state index is 13.6. The highest BCUT2D eigenvalue weighted by Crippen LogP contribution is 2.24. The van der Waals surface area contributed by atoms with Gasteiger partial charge < -0.3 is 5.32 Å². The monoisotopic (exact) mass is 417 g/mol. The molecule has 0 aliphatic rings. The van der Waals surface area contributed by atoms with Gasteiger partial charge in [-0.3, -0.25) is 25.2 Å². The number of thiophene rings is 1. The molecule has 0 fully saturated rings. The van der Waals surface area contributed by atoms with Crippen molar-refractivity contribution in [2.45, 2.75) is 0 Å². The van der Waals surface area contributed by atoms with Crippen molar-refractivity contribution < 1.29 is 18.8 Å². The van der Waals surface area contributed by atoms with Gasteiger partial charge in [0.15, 0.2) is 0 Å². The minimum absolute atomic E-state index is 0.139. The molecule has 3 amide bonds. The number of amides is 3. The molecule has 0 spiro atoms. The minimum Gasteiger partial charge on any atom is -0.320 e. The smallest absolute Gasteiger partial charge is 0.272 e. The van der Waals surface area contributed by atoms with Gasteiger partial charge in [-0.05, 0) is 41.8 Å². The summed E-state index contributed by atoms with van der Waals surface area (Å²) < 4.78 is 13.6. The lowest BCUT2D eigenvalue weighted by molar-refractivity contribution is 0.0844. The summed E-state index contributed by atoms with van der Waals surface area (Å²) in [6.07, 6.45) is 0. The zero-order chi connectivity index (χ0) is 20.1. The summed E-state index contributed by atoms with van der Waals surface area (Å²) in [5.74, 6) is -2.53. The lowest BCUT2D eigenvalue weighted by Gasteiger charge is -2.10. The maximum absolute atomic E-state index is 13.6. The first-order valence-corrected chi connectivity index (χ1v) is 9.21. The standard InChI is InChI=1S/C19H13ClFN3O3S/c20-13-8-7-11(10-15(13)22-19(27)16-6-3-9-28-16)17(25)23-24-18(26)12-4-1-2-5-14(12)21/h1-10H,(H,22,27)(H,23,25)(H,24,26). The van der Waals surface area contributed by atoms with Gasteiger partial charge in [-0.2, -0.15) is 0 Å². The SMILES string of the molecule is O=C(NNC(=O)c1ccccc1F)c1ccc(Cl)c(NC(=O)c2cccs2)c1. The van der Waals surface area contributed by atoms with E-state index < -0.39 is 17.6 Å². The van der Waals surface area contributed by atoms with Gasteiger partial charge in [0.05, 0.1) is 21.2 Å². The first kappa shape index (κ1) is 19.5. The van der Waals surface area contributed by atoms with Crippen LogP contribution in [0.15, 0.2) is 60.0 Å². The topological polar surface area (TPSA) is 87.3 Å². The van der Waals surface area contributed by atoms with Crippen molar-refractivity contribution in [2.24, 2.45) is 0 Å². The molecule has 0 aliphatic heterocycles. The Bertz CT molecular complexity index is 1040. The van der Waals surface area contributed by atoms with Crippen LogP contribution in [0.2, 0.25) is 5.02 Å². The second kappa shape index (κ2) is 8.64. The number of carbonyl (C=O) groups is 3. The van der Waals surface area contributed by atoms with E-state index in [4.69, 9.17) is 11.6 Å². The number of nitrogens with one attached hydrogen (secondary N) is 3. The normalized spacial score (nSPS) is 10.2. The molecule has 142 valence electrons. The van der Waals surface area contributed by atoms with Gasteiger partial charge in [0.25, 0.3) is 17.7 Å². The van der Waals surface area contributed by atoms with Gasteiger partial charge in [-0.1, -0.05) is 29.8 Å². The Kier molecular flexibility index (Phi) is 6.03. The average molecular weight is 418 g/mol. The summed E-state index contributed by atoms with van der Waals surface area (Å²) >= 11 is 7.34. The zero-order valence-electron chi connectivity index (χ0n) is 14.2. The molecule has 0 bridgehead atoms. The number of benzene rings is 2. The van der Waals surface area contributed by atoms with Gasteiger partial charge in [-0.15, -0.1) is 11.3 Å². The number of rotatable bonds is 4. The summed E-state index contributed by atoms with van der Waals surface area (Å²) in [5.41, 5.74) is 4.51. The third-order valence-electron chi connectivity index (χ3n) is 3.63. The fourth-order valence-corrected chi connectivity index (χ4v) is 3.04.